The van der Waals surface area contributed by atoms with Crippen LogP contribution in [0.15, 0.2) is 24.3 Å². The van der Waals surface area contributed by atoms with Crippen LogP contribution in [-0.2, 0) is 17.8 Å². The van der Waals surface area contributed by atoms with E-state index in [-0.39, 0.29) is 12.5 Å². The van der Waals surface area contributed by atoms with Crippen LogP contribution >= 0.6 is 22.7 Å². The number of hydrogen-bond acceptors (Lipinski definition) is 5. The molecule has 0 unspecified atom stereocenters. The van der Waals surface area contributed by atoms with Crippen molar-refractivity contribution >= 4 is 43.8 Å². The summed E-state index contributed by atoms with van der Waals surface area (Å²) in [6.45, 7) is 1.07. The third-order valence-corrected chi connectivity index (χ3v) is 6.52. The lowest BCUT2D eigenvalue weighted by atomic mass is 10.0. The zero-order chi connectivity index (χ0) is 19.2. The zero-order valence-electron chi connectivity index (χ0n) is 14.4. The standard InChI is InChI=1S/C18H16F3N3OS2/c1-10(25)22-16-15(17-23-12-4-2-3-5-13(12)26-17)11-6-7-24(8-14(11)27-16)9-18(19,20)21/h2-5H,6-9H2,1H3,(H,22,25). The predicted octanol–water partition coefficient (Wildman–Crippen LogP) is 4.90. The number of nitrogens with zero attached hydrogens (tertiary/aromatic N) is 2. The van der Waals surface area contributed by atoms with Gasteiger partial charge in [0.15, 0.2) is 0 Å². The number of para-hydroxylation sites is 1. The third kappa shape index (κ3) is 3.85. The number of halogens is 3. The van der Waals surface area contributed by atoms with Gasteiger partial charge in [-0.1, -0.05) is 12.1 Å². The van der Waals surface area contributed by atoms with E-state index in [9.17, 15) is 18.0 Å². The van der Waals surface area contributed by atoms with Crippen molar-refractivity contribution in [2.45, 2.75) is 26.1 Å². The maximum absolute atomic E-state index is 12.8. The summed E-state index contributed by atoms with van der Waals surface area (Å²) in [4.78, 5) is 18.6. The minimum atomic E-state index is -4.22. The van der Waals surface area contributed by atoms with Gasteiger partial charge in [0, 0.05) is 30.5 Å². The first-order chi connectivity index (χ1) is 12.8. The van der Waals surface area contributed by atoms with Gasteiger partial charge in [-0.2, -0.15) is 13.2 Å². The largest absolute Gasteiger partial charge is 0.401 e. The zero-order valence-corrected chi connectivity index (χ0v) is 16.0. The van der Waals surface area contributed by atoms with Gasteiger partial charge in [-0.3, -0.25) is 9.69 Å². The summed E-state index contributed by atoms with van der Waals surface area (Å²) in [5, 5.41) is 4.30. The summed E-state index contributed by atoms with van der Waals surface area (Å²) < 4.78 is 39.3. The molecule has 142 valence electrons. The molecule has 0 atom stereocenters. The Kier molecular flexibility index (Phi) is 4.69. The van der Waals surface area contributed by atoms with Crippen molar-refractivity contribution in [1.82, 2.24) is 9.88 Å². The summed E-state index contributed by atoms with van der Waals surface area (Å²) in [7, 11) is 0. The molecule has 1 aromatic carbocycles. The van der Waals surface area contributed by atoms with Gasteiger partial charge in [-0.25, -0.2) is 4.98 Å². The molecule has 2 aromatic heterocycles. The number of aromatic nitrogens is 1. The minimum Gasteiger partial charge on any atom is -0.317 e. The van der Waals surface area contributed by atoms with Gasteiger partial charge >= 0.3 is 6.18 Å². The number of thiophene rings is 1. The second-order valence-electron chi connectivity index (χ2n) is 6.45. The molecule has 1 amide bonds. The van der Waals surface area contributed by atoms with Crippen LogP contribution in [0.4, 0.5) is 18.2 Å². The number of carbonyl (C=O) groups is 1. The summed E-state index contributed by atoms with van der Waals surface area (Å²) in [5.41, 5.74) is 2.74. The molecular weight excluding hydrogens is 395 g/mol. The second-order valence-corrected chi connectivity index (χ2v) is 8.59. The van der Waals surface area contributed by atoms with E-state index in [0.29, 0.717) is 18.0 Å². The number of thiazole rings is 1. The quantitative estimate of drug-likeness (QED) is 0.667. The van der Waals surface area contributed by atoms with Gasteiger partial charge in [-0.15, -0.1) is 22.7 Å². The Bertz CT molecular complexity index is 976. The van der Waals surface area contributed by atoms with Crippen molar-refractivity contribution < 1.29 is 18.0 Å². The van der Waals surface area contributed by atoms with Gasteiger partial charge in [0.1, 0.15) is 10.0 Å². The minimum absolute atomic E-state index is 0.205. The lowest BCUT2D eigenvalue weighted by Crippen LogP contribution is -2.37. The highest BCUT2D eigenvalue weighted by molar-refractivity contribution is 7.22. The summed E-state index contributed by atoms with van der Waals surface area (Å²) in [5.74, 6) is -0.205. The van der Waals surface area contributed by atoms with Gasteiger partial charge in [0.25, 0.3) is 0 Å². The van der Waals surface area contributed by atoms with Gasteiger partial charge in [0.2, 0.25) is 5.91 Å². The van der Waals surface area contributed by atoms with Crippen LogP contribution in [0.3, 0.4) is 0 Å². The molecule has 4 nitrogen and oxygen atoms in total. The highest BCUT2D eigenvalue weighted by atomic mass is 32.1. The van der Waals surface area contributed by atoms with Crippen molar-refractivity contribution in [3.8, 4) is 10.6 Å². The Morgan fingerprint density at radius 1 is 1.30 bits per heavy atom. The van der Waals surface area contributed by atoms with E-state index in [1.165, 1.54) is 34.5 Å². The molecule has 3 heterocycles. The average Bonchev–Trinajstić information content (AvgIpc) is 3.12. The second kappa shape index (κ2) is 6.88. The van der Waals surface area contributed by atoms with Crippen molar-refractivity contribution in [3.05, 3.63) is 34.7 Å². The van der Waals surface area contributed by atoms with Crippen molar-refractivity contribution in [1.29, 1.82) is 0 Å². The average molecular weight is 411 g/mol. The fourth-order valence-corrected chi connectivity index (χ4v) is 5.74. The molecule has 3 aromatic rings. The van der Waals surface area contributed by atoms with Crippen LogP contribution < -0.4 is 5.32 Å². The number of hydrogen-bond donors (Lipinski definition) is 1. The first-order valence-electron chi connectivity index (χ1n) is 8.37. The van der Waals surface area contributed by atoms with E-state index in [1.54, 1.807) is 0 Å². The van der Waals surface area contributed by atoms with Gasteiger partial charge in [-0.05, 0) is 24.1 Å². The fourth-order valence-electron chi connectivity index (χ4n) is 3.30. The molecule has 9 heteroatoms. The van der Waals surface area contributed by atoms with E-state index in [0.717, 1.165) is 31.2 Å². The highest BCUT2D eigenvalue weighted by Crippen LogP contribution is 2.45. The maximum Gasteiger partial charge on any atom is 0.401 e. The first kappa shape index (κ1) is 18.4. The normalized spacial score (nSPS) is 15.1. The molecule has 0 aliphatic carbocycles. The van der Waals surface area contributed by atoms with E-state index in [4.69, 9.17) is 0 Å². The highest BCUT2D eigenvalue weighted by Gasteiger charge is 2.34. The Hall–Kier alpha value is -1.97. The molecule has 0 saturated heterocycles. The van der Waals surface area contributed by atoms with E-state index in [1.807, 2.05) is 24.3 Å². The maximum atomic E-state index is 12.8. The number of alkyl halides is 3. The number of amides is 1. The third-order valence-electron chi connectivity index (χ3n) is 4.34. The van der Waals surface area contributed by atoms with Crippen LogP contribution in [-0.4, -0.2) is 35.1 Å². The predicted molar refractivity (Wildman–Crippen MR) is 102 cm³/mol. The SMILES string of the molecule is CC(=O)Nc1sc2c(c1-c1nc3ccccc3s1)CCN(CC(F)(F)F)C2. The van der Waals surface area contributed by atoms with Gasteiger partial charge < -0.3 is 5.32 Å². The molecule has 1 aliphatic heterocycles. The lowest BCUT2D eigenvalue weighted by Gasteiger charge is -2.27. The summed E-state index contributed by atoms with van der Waals surface area (Å²) in [6, 6.07) is 7.77. The number of nitrogens with one attached hydrogen (secondary N) is 1. The van der Waals surface area contributed by atoms with Crippen molar-refractivity contribution in [2.24, 2.45) is 0 Å². The topological polar surface area (TPSA) is 45.2 Å². The Morgan fingerprint density at radius 3 is 2.78 bits per heavy atom. The Morgan fingerprint density at radius 2 is 2.07 bits per heavy atom. The lowest BCUT2D eigenvalue weighted by molar-refractivity contribution is -0.147. The smallest absolute Gasteiger partial charge is 0.317 e. The van der Waals surface area contributed by atoms with Gasteiger partial charge in [0.05, 0.1) is 16.8 Å². The molecule has 0 saturated carbocycles. The Balaban J connectivity index is 1.76. The number of rotatable bonds is 3. The summed E-state index contributed by atoms with van der Waals surface area (Å²) in [6.07, 6.45) is -3.71. The molecule has 0 bridgehead atoms. The number of anilines is 1. The van der Waals surface area contributed by atoms with Crippen LogP contribution in [0.5, 0.6) is 0 Å². The number of benzene rings is 1. The van der Waals surface area contributed by atoms with E-state index < -0.39 is 12.7 Å². The van der Waals surface area contributed by atoms with Crippen LogP contribution in [0, 0.1) is 0 Å². The first-order valence-corrected chi connectivity index (χ1v) is 10.0. The molecule has 4 rings (SSSR count). The van der Waals surface area contributed by atoms with E-state index in [2.05, 4.69) is 10.3 Å². The molecule has 1 aliphatic rings. The van der Waals surface area contributed by atoms with Crippen LogP contribution in [0.1, 0.15) is 17.4 Å². The molecule has 0 radical (unpaired) electrons. The number of carbonyl (C=O) groups excluding carboxylic acids is 1. The number of fused-ring (bicyclic) bond motifs is 2. The molecule has 0 fully saturated rings. The van der Waals surface area contributed by atoms with E-state index >= 15 is 0 Å². The molecule has 1 N–H and O–H groups in total. The Labute approximate surface area is 161 Å². The molecular formula is C18H16F3N3OS2. The van der Waals surface area contributed by atoms with Crippen LogP contribution in [0.25, 0.3) is 20.8 Å². The molecule has 0 spiro atoms. The van der Waals surface area contributed by atoms with Crippen molar-refractivity contribution in [3.63, 3.8) is 0 Å². The monoisotopic (exact) mass is 411 g/mol. The fraction of sp³-hybridized carbons (Fsp3) is 0.333. The summed E-state index contributed by atoms with van der Waals surface area (Å²) >= 11 is 2.88. The van der Waals surface area contributed by atoms with Crippen LogP contribution in [0.2, 0.25) is 0 Å². The molecule has 27 heavy (non-hydrogen) atoms. The van der Waals surface area contributed by atoms with Crippen molar-refractivity contribution in [2.75, 3.05) is 18.4 Å².